The summed E-state index contributed by atoms with van der Waals surface area (Å²) in [5, 5.41) is 7.04. The van der Waals surface area contributed by atoms with Gasteiger partial charge in [-0.2, -0.15) is 0 Å². The lowest BCUT2D eigenvalue weighted by Gasteiger charge is -2.39. The maximum absolute atomic E-state index is 17.0. The number of fused-ring (bicyclic) bond motifs is 6. The van der Waals surface area contributed by atoms with E-state index in [0.717, 1.165) is 61.5 Å². The number of aromatic nitrogens is 4. The summed E-state index contributed by atoms with van der Waals surface area (Å²) in [6, 6.07) is 62.5. The van der Waals surface area contributed by atoms with Gasteiger partial charge in [-0.05, 0) is 80.4 Å². The van der Waals surface area contributed by atoms with E-state index in [9.17, 15) is 0 Å². The average Bonchev–Trinajstić information content (AvgIpc) is 3.78. The SMILES string of the molecule is Cn1c(-c2cccc(C(F)c3ccc4c5cc6c(cc5n(-c5ccccn5)c4c3)Oc3ccccc3[Si]6(c3ccccc3)c3ccccc3)c2)nc2ccccc21. The van der Waals surface area contributed by atoms with Crippen LogP contribution >= 0.6 is 0 Å². The lowest BCUT2D eigenvalue weighted by Crippen LogP contribution is -2.76. The Bertz CT molecular complexity index is 3100. The molecule has 0 N–H and O–H groups in total. The quantitative estimate of drug-likeness (QED) is 0.159. The summed E-state index contributed by atoms with van der Waals surface area (Å²) < 4.78 is 28.1. The van der Waals surface area contributed by atoms with E-state index in [-0.39, 0.29) is 0 Å². The lowest BCUT2D eigenvalue weighted by molar-refractivity contribution is 0.402. The maximum Gasteiger partial charge on any atom is 0.188 e. The third kappa shape index (κ3) is 5.05. The van der Waals surface area contributed by atoms with E-state index in [1.165, 1.54) is 20.7 Å². The Kier molecular flexibility index (Phi) is 7.59. The molecule has 0 aliphatic carbocycles. The van der Waals surface area contributed by atoms with Gasteiger partial charge in [-0.1, -0.05) is 127 Å². The van der Waals surface area contributed by atoms with Crippen molar-refractivity contribution < 1.29 is 9.13 Å². The van der Waals surface area contributed by atoms with Gasteiger partial charge in [-0.25, -0.2) is 14.4 Å². The zero-order valence-electron chi connectivity index (χ0n) is 31.1. The van der Waals surface area contributed by atoms with E-state index in [1.54, 1.807) is 6.20 Å². The average molecular weight is 755 g/mol. The van der Waals surface area contributed by atoms with Crippen LogP contribution in [0.4, 0.5) is 4.39 Å². The van der Waals surface area contributed by atoms with Gasteiger partial charge >= 0.3 is 0 Å². The number of rotatable bonds is 6. The smallest absolute Gasteiger partial charge is 0.188 e. The Labute approximate surface area is 329 Å². The van der Waals surface area contributed by atoms with Crippen molar-refractivity contribution in [1.82, 2.24) is 19.1 Å². The number of imidazole rings is 1. The third-order valence-corrected chi connectivity index (χ3v) is 16.4. The first-order chi connectivity index (χ1) is 28.1. The predicted octanol–water partition coefficient (Wildman–Crippen LogP) is 9.27. The molecule has 10 aromatic rings. The molecule has 57 heavy (non-hydrogen) atoms. The van der Waals surface area contributed by atoms with Gasteiger partial charge in [-0.15, -0.1) is 0 Å². The first kappa shape index (κ1) is 33.3. The van der Waals surface area contributed by atoms with Crippen LogP contribution in [0.2, 0.25) is 0 Å². The summed E-state index contributed by atoms with van der Waals surface area (Å²) in [5.41, 5.74) is 5.77. The fourth-order valence-corrected chi connectivity index (χ4v) is 14.0. The van der Waals surface area contributed by atoms with Crippen LogP contribution in [0.3, 0.4) is 0 Å². The minimum atomic E-state index is -2.89. The van der Waals surface area contributed by atoms with Crippen molar-refractivity contribution in [2.24, 2.45) is 7.05 Å². The second kappa shape index (κ2) is 13.0. The van der Waals surface area contributed by atoms with Crippen LogP contribution in [0.5, 0.6) is 11.5 Å². The zero-order chi connectivity index (χ0) is 38.1. The first-order valence-electron chi connectivity index (χ1n) is 19.2. The lowest BCUT2D eigenvalue weighted by atomic mass is 9.99. The van der Waals surface area contributed by atoms with Crippen LogP contribution in [0.15, 0.2) is 188 Å². The van der Waals surface area contributed by atoms with E-state index in [1.807, 2.05) is 85.9 Å². The third-order valence-electron chi connectivity index (χ3n) is 11.6. The predicted molar refractivity (Wildman–Crippen MR) is 231 cm³/mol. The number of ether oxygens (including phenoxy) is 1. The number of alkyl halides is 1. The van der Waals surface area contributed by atoms with E-state index in [4.69, 9.17) is 14.7 Å². The number of pyridine rings is 1. The molecule has 1 atom stereocenters. The number of hydrogen-bond donors (Lipinski definition) is 0. The molecule has 7 aromatic carbocycles. The van der Waals surface area contributed by atoms with Gasteiger partial charge in [0.25, 0.3) is 0 Å². The molecule has 11 rings (SSSR count). The summed E-state index contributed by atoms with van der Waals surface area (Å²) >= 11 is 0. The Morgan fingerprint density at radius 2 is 1.26 bits per heavy atom. The van der Waals surface area contributed by atoms with Gasteiger partial charge in [-0.3, -0.25) is 4.57 Å². The summed E-state index contributed by atoms with van der Waals surface area (Å²) in [4.78, 5) is 9.71. The van der Waals surface area contributed by atoms with Gasteiger partial charge in [0, 0.05) is 35.6 Å². The topological polar surface area (TPSA) is 44.9 Å². The van der Waals surface area contributed by atoms with Crippen LogP contribution in [-0.4, -0.2) is 27.2 Å². The summed E-state index contributed by atoms with van der Waals surface area (Å²) in [6.07, 6.45) is 0.427. The van der Waals surface area contributed by atoms with E-state index in [0.29, 0.717) is 11.1 Å². The first-order valence-corrected chi connectivity index (χ1v) is 21.2. The molecule has 5 nitrogen and oxygen atoms in total. The Balaban J connectivity index is 1.13. The van der Waals surface area contributed by atoms with Gasteiger partial charge in [0.05, 0.1) is 22.1 Å². The molecule has 0 amide bonds. The molecule has 0 fully saturated rings. The highest BCUT2D eigenvalue weighted by Crippen LogP contribution is 2.40. The molecule has 1 unspecified atom stereocenters. The van der Waals surface area contributed by atoms with Crippen LogP contribution in [-0.2, 0) is 7.05 Å². The second-order valence-electron chi connectivity index (χ2n) is 14.7. The Hall–Kier alpha value is -7.09. The van der Waals surface area contributed by atoms with Crippen molar-refractivity contribution in [1.29, 1.82) is 0 Å². The fourth-order valence-electron chi connectivity index (χ4n) is 9.05. The second-order valence-corrected chi connectivity index (χ2v) is 18.4. The van der Waals surface area contributed by atoms with Crippen molar-refractivity contribution in [3.05, 3.63) is 199 Å². The molecule has 0 spiro atoms. The molecule has 1 aliphatic heterocycles. The van der Waals surface area contributed by atoms with Gasteiger partial charge in [0.2, 0.25) is 0 Å². The normalized spacial score (nSPS) is 13.6. The maximum atomic E-state index is 17.0. The molecular formula is C50H35FN4OSi. The molecule has 7 heteroatoms. The van der Waals surface area contributed by atoms with E-state index < -0.39 is 14.2 Å². The van der Waals surface area contributed by atoms with Crippen LogP contribution in [0.25, 0.3) is 50.0 Å². The van der Waals surface area contributed by atoms with Crippen LogP contribution in [0.1, 0.15) is 17.3 Å². The Morgan fingerprint density at radius 3 is 2.04 bits per heavy atom. The molecule has 0 radical (unpaired) electrons. The largest absolute Gasteiger partial charge is 0.457 e. The highest BCUT2D eigenvalue weighted by molar-refractivity contribution is 7.20. The van der Waals surface area contributed by atoms with Crippen LogP contribution < -0.4 is 25.5 Å². The number of halogens is 1. The molecule has 3 aromatic heterocycles. The highest BCUT2D eigenvalue weighted by Gasteiger charge is 2.48. The van der Waals surface area contributed by atoms with Crippen molar-refractivity contribution in [2.75, 3.05) is 0 Å². The van der Waals surface area contributed by atoms with Gasteiger partial charge in [0.1, 0.15) is 23.1 Å². The molecule has 0 saturated carbocycles. The van der Waals surface area contributed by atoms with E-state index >= 15 is 4.39 Å². The number of benzene rings is 7. The van der Waals surface area contributed by atoms with Crippen molar-refractivity contribution in [3.8, 4) is 28.7 Å². The van der Waals surface area contributed by atoms with Gasteiger partial charge < -0.3 is 9.30 Å². The number of para-hydroxylation sites is 3. The van der Waals surface area contributed by atoms with Crippen LogP contribution in [0, 0.1) is 0 Å². The fraction of sp³-hybridized carbons (Fsp3) is 0.0400. The summed E-state index contributed by atoms with van der Waals surface area (Å²) in [5.74, 6) is 3.24. The minimum Gasteiger partial charge on any atom is -0.457 e. The minimum absolute atomic E-state index is 0.565. The monoisotopic (exact) mass is 754 g/mol. The van der Waals surface area contributed by atoms with Gasteiger partial charge in [0.15, 0.2) is 14.2 Å². The number of nitrogens with zero attached hydrogens (tertiary/aromatic N) is 4. The molecule has 4 heterocycles. The number of aryl methyl sites for hydroxylation is 1. The molecular weight excluding hydrogens is 720 g/mol. The highest BCUT2D eigenvalue weighted by atomic mass is 28.3. The molecule has 0 saturated heterocycles. The Morgan fingerprint density at radius 1 is 0.561 bits per heavy atom. The van der Waals surface area contributed by atoms with Crippen molar-refractivity contribution in [3.63, 3.8) is 0 Å². The summed E-state index contributed by atoms with van der Waals surface area (Å²) in [6.45, 7) is 0. The molecule has 272 valence electrons. The molecule has 0 bridgehead atoms. The molecule has 1 aliphatic rings. The zero-order valence-corrected chi connectivity index (χ0v) is 32.1. The van der Waals surface area contributed by atoms with Crippen molar-refractivity contribution in [2.45, 2.75) is 6.17 Å². The van der Waals surface area contributed by atoms with E-state index in [2.05, 4.69) is 112 Å². The number of hydrogen-bond acceptors (Lipinski definition) is 3. The standard InChI is InChI=1S/C50H35FN4OSi/c1-54-41-22-9-8-21-40(41)53-50(54)35-16-14-15-33(29-35)49(51)34-26-27-38-39-31-47-45(32-43(39)55(42(38)30-34)48-25-12-13-28-52-48)56-44-23-10-11-24-46(44)57(47,36-17-4-2-5-18-36)37-19-6-3-7-20-37/h2-32,49H,1H3. The van der Waals surface area contributed by atoms with Crippen molar-refractivity contribution >= 4 is 61.7 Å². The summed E-state index contributed by atoms with van der Waals surface area (Å²) in [7, 11) is -0.887.